The monoisotopic (exact) mass is 243 g/mol. The first-order valence-corrected chi connectivity index (χ1v) is 6.24. The smallest absolute Gasteiger partial charge is 0.288 e. The maximum atomic E-state index is 11.8. The van der Waals surface area contributed by atoms with E-state index >= 15 is 0 Å². The van der Waals surface area contributed by atoms with Crippen molar-refractivity contribution in [2.45, 2.75) is 12.8 Å². The maximum absolute atomic E-state index is 11.8. The fourth-order valence-electron chi connectivity index (χ4n) is 1.77. The van der Waals surface area contributed by atoms with Crippen molar-refractivity contribution < 1.29 is 19.1 Å². The Kier molecular flexibility index (Phi) is 3.60. The molecule has 0 aromatic heterocycles. The van der Waals surface area contributed by atoms with Gasteiger partial charge in [0, 0.05) is 24.7 Å². The number of ketones is 1. The average Bonchev–Trinajstić information content (AvgIpc) is 2.76. The third-order valence-corrected chi connectivity index (χ3v) is 3.64. The third-order valence-electron chi connectivity index (χ3n) is 2.76. The van der Waals surface area contributed by atoms with Gasteiger partial charge in [-0.1, -0.05) is 11.8 Å². The molecule has 2 aliphatic rings. The van der Waals surface area contributed by atoms with Crippen molar-refractivity contribution in [3.8, 4) is 0 Å². The van der Waals surface area contributed by atoms with Crippen LogP contribution in [0.1, 0.15) is 12.8 Å². The van der Waals surface area contributed by atoms with E-state index in [0.29, 0.717) is 31.8 Å². The van der Waals surface area contributed by atoms with Crippen LogP contribution in [-0.2, 0) is 14.3 Å². The van der Waals surface area contributed by atoms with Gasteiger partial charge in [0.05, 0.1) is 13.2 Å². The summed E-state index contributed by atoms with van der Waals surface area (Å²) < 4.78 is 5.11. The van der Waals surface area contributed by atoms with Crippen LogP contribution < -0.4 is 0 Å². The highest BCUT2D eigenvalue weighted by atomic mass is 32.2. The molecule has 0 N–H and O–H groups in total. The molecule has 0 radical (unpaired) electrons. The number of nitrogens with zero attached hydrogens (tertiary/aromatic N) is 1. The van der Waals surface area contributed by atoms with E-state index in [4.69, 9.17) is 4.74 Å². The molecule has 0 aromatic rings. The molecule has 5 nitrogen and oxygen atoms in total. The first-order chi connectivity index (χ1) is 7.68. The molecule has 1 unspecified atom stereocenters. The fraction of sp³-hybridized carbons (Fsp3) is 0.700. The number of carbonyl (C=O) groups excluding carboxylic acids is 3. The highest BCUT2D eigenvalue weighted by Gasteiger charge is 2.32. The summed E-state index contributed by atoms with van der Waals surface area (Å²) in [6, 6.07) is 0. The Labute approximate surface area is 97.5 Å². The molecule has 2 fully saturated rings. The summed E-state index contributed by atoms with van der Waals surface area (Å²) >= 11 is 1.10. The van der Waals surface area contributed by atoms with E-state index in [-0.39, 0.29) is 29.4 Å². The maximum Gasteiger partial charge on any atom is 0.288 e. The number of rotatable bonds is 3. The van der Waals surface area contributed by atoms with Gasteiger partial charge in [-0.25, -0.2) is 0 Å². The van der Waals surface area contributed by atoms with Gasteiger partial charge < -0.3 is 4.74 Å². The number of carbonyl (C=O) groups is 3. The summed E-state index contributed by atoms with van der Waals surface area (Å²) in [5.74, 6) is 0.0692. The average molecular weight is 243 g/mol. The molecule has 2 amide bonds. The van der Waals surface area contributed by atoms with Crippen LogP contribution >= 0.6 is 11.8 Å². The first-order valence-electron chi connectivity index (χ1n) is 5.26. The summed E-state index contributed by atoms with van der Waals surface area (Å²) in [5.41, 5.74) is 0. The Morgan fingerprint density at radius 1 is 1.50 bits per heavy atom. The van der Waals surface area contributed by atoms with E-state index in [1.54, 1.807) is 0 Å². The highest BCUT2D eigenvalue weighted by Crippen LogP contribution is 2.20. The molecule has 2 rings (SSSR count). The zero-order valence-corrected chi connectivity index (χ0v) is 9.62. The lowest BCUT2D eigenvalue weighted by molar-refractivity contribution is -0.133. The Bertz CT molecular complexity index is 309. The summed E-state index contributed by atoms with van der Waals surface area (Å²) in [5, 5.41) is -0.302. The molecule has 6 heteroatoms. The fourth-order valence-corrected chi connectivity index (χ4v) is 2.54. The first kappa shape index (κ1) is 11.6. The minimum Gasteiger partial charge on any atom is -0.381 e. The summed E-state index contributed by atoms with van der Waals surface area (Å²) in [6.45, 7) is 0.925. The zero-order chi connectivity index (χ0) is 11.5. The van der Waals surface area contributed by atoms with Crippen molar-refractivity contribution in [3.05, 3.63) is 0 Å². The number of amides is 2. The normalized spacial score (nSPS) is 26.2. The molecule has 0 aromatic carbocycles. The number of ether oxygens (including phenoxy) is 1. The molecule has 2 aliphatic heterocycles. The van der Waals surface area contributed by atoms with E-state index in [1.807, 2.05) is 0 Å². The van der Waals surface area contributed by atoms with E-state index in [1.165, 1.54) is 0 Å². The third kappa shape index (κ3) is 2.44. The van der Waals surface area contributed by atoms with Gasteiger partial charge >= 0.3 is 0 Å². The summed E-state index contributed by atoms with van der Waals surface area (Å²) in [4.78, 5) is 35.7. The van der Waals surface area contributed by atoms with Crippen molar-refractivity contribution in [2.75, 3.05) is 25.5 Å². The minimum atomic E-state index is -0.302. The van der Waals surface area contributed by atoms with E-state index < -0.39 is 0 Å². The predicted octanol–water partition coefficient (Wildman–Crippen LogP) is 0.677. The molecule has 0 saturated carbocycles. The van der Waals surface area contributed by atoms with Crippen LogP contribution in [0.3, 0.4) is 0 Å². The Morgan fingerprint density at radius 2 is 2.31 bits per heavy atom. The number of thioether (sulfide) groups is 1. The lowest BCUT2D eigenvalue weighted by Crippen LogP contribution is -2.43. The number of Topliss-reactive ketones (excluding diaryl/α,β-unsaturated/α-hetero) is 1. The van der Waals surface area contributed by atoms with Crippen molar-refractivity contribution >= 4 is 28.7 Å². The van der Waals surface area contributed by atoms with Crippen LogP contribution in [0.2, 0.25) is 0 Å². The molecule has 0 spiro atoms. The standard InChI is InChI=1S/C10H13NO4S/c12-8(7-1-3-15-6-7)5-11-9(13)2-4-16-10(11)14/h7H,1-6H2. The van der Waals surface area contributed by atoms with Crippen LogP contribution in [0.5, 0.6) is 0 Å². The quantitative estimate of drug-likeness (QED) is 0.729. The van der Waals surface area contributed by atoms with E-state index in [2.05, 4.69) is 0 Å². The molecule has 88 valence electrons. The van der Waals surface area contributed by atoms with Crippen molar-refractivity contribution in [3.63, 3.8) is 0 Å². The van der Waals surface area contributed by atoms with Gasteiger partial charge in [-0.05, 0) is 6.42 Å². The predicted molar refractivity (Wildman–Crippen MR) is 58.1 cm³/mol. The molecule has 1 atom stereocenters. The van der Waals surface area contributed by atoms with Crippen LogP contribution in [0.4, 0.5) is 4.79 Å². The van der Waals surface area contributed by atoms with Crippen LogP contribution in [0.15, 0.2) is 0 Å². The van der Waals surface area contributed by atoms with E-state index in [9.17, 15) is 14.4 Å². The zero-order valence-electron chi connectivity index (χ0n) is 8.81. The molecule has 0 bridgehead atoms. The Balaban J connectivity index is 1.94. The highest BCUT2D eigenvalue weighted by molar-refractivity contribution is 8.13. The van der Waals surface area contributed by atoms with Crippen molar-refractivity contribution in [2.24, 2.45) is 5.92 Å². The van der Waals surface area contributed by atoms with Crippen LogP contribution in [-0.4, -0.2) is 47.3 Å². The Morgan fingerprint density at radius 3 is 2.94 bits per heavy atom. The Hall–Kier alpha value is -0.880. The summed E-state index contributed by atoms with van der Waals surface area (Å²) in [6.07, 6.45) is 1.03. The van der Waals surface area contributed by atoms with Crippen LogP contribution in [0, 0.1) is 5.92 Å². The van der Waals surface area contributed by atoms with Gasteiger partial charge in [-0.3, -0.25) is 19.3 Å². The van der Waals surface area contributed by atoms with Gasteiger partial charge in [-0.15, -0.1) is 0 Å². The largest absolute Gasteiger partial charge is 0.381 e. The van der Waals surface area contributed by atoms with Gasteiger partial charge in [0.2, 0.25) is 5.91 Å². The second-order valence-corrected chi connectivity index (χ2v) is 4.92. The second-order valence-electron chi connectivity index (χ2n) is 3.87. The van der Waals surface area contributed by atoms with Gasteiger partial charge in [0.1, 0.15) is 0 Å². The molecular weight excluding hydrogens is 230 g/mol. The lowest BCUT2D eigenvalue weighted by Gasteiger charge is -2.24. The second kappa shape index (κ2) is 4.97. The summed E-state index contributed by atoms with van der Waals surface area (Å²) in [7, 11) is 0. The van der Waals surface area contributed by atoms with Gasteiger partial charge in [0.15, 0.2) is 5.78 Å². The molecule has 2 saturated heterocycles. The number of imide groups is 1. The molecule has 0 aliphatic carbocycles. The minimum absolute atomic E-state index is 0.0679. The number of hydrogen-bond acceptors (Lipinski definition) is 5. The lowest BCUT2D eigenvalue weighted by atomic mass is 10.0. The molecule has 2 heterocycles. The van der Waals surface area contributed by atoms with E-state index in [0.717, 1.165) is 16.7 Å². The van der Waals surface area contributed by atoms with Gasteiger partial charge in [-0.2, -0.15) is 0 Å². The number of hydrogen-bond donors (Lipinski definition) is 0. The SMILES string of the molecule is O=C(CN1C(=O)CCSC1=O)C1CCOC1. The van der Waals surface area contributed by atoms with Gasteiger partial charge in [0.25, 0.3) is 5.24 Å². The van der Waals surface area contributed by atoms with Crippen LogP contribution in [0.25, 0.3) is 0 Å². The van der Waals surface area contributed by atoms with Crippen molar-refractivity contribution in [1.82, 2.24) is 4.90 Å². The molecular formula is C10H13NO4S. The molecule has 16 heavy (non-hydrogen) atoms. The van der Waals surface area contributed by atoms with Crippen molar-refractivity contribution in [1.29, 1.82) is 0 Å². The topological polar surface area (TPSA) is 63.7 Å².